The van der Waals surface area contributed by atoms with Crippen molar-refractivity contribution in [2.24, 2.45) is 0 Å². The van der Waals surface area contributed by atoms with Gasteiger partial charge in [0.2, 0.25) is 0 Å². The minimum absolute atomic E-state index is 0.0727. The summed E-state index contributed by atoms with van der Waals surface area (Å²) in [6, 6.07) is 11.7. The molecule has 0 unspecified atom stereocenters. The number of benzene rings is 2. The highest BCUT2D eigenvalue weighted by Crippen LogP contribution is 2.27. The van der Waals surface area contributed by atoms with Crippen molar-refractivity contribution in [1.29, 1.82) is 0 Å². The summed E-state index contributed by atoms with van der Waals surface area (Å²) in [5, 5.41) is 0. The zero-order valence-corrected chi connectivity index (χ0v) is 17.1. The van der Waals surface area contributed by atoms with E-state index in [2.05, 4.69) is 6.07 Å². The lowest BCUT2D eigenvalue weighted by molar-refractivity contribution is -0.917. The third-order valence-electron chi connectivity index (χ3n) is 5.31. The van der Waals surface area contributed by atoms with E-state index in [9.17, 15) is 4.79 Å². The zero-order valence-electron chi connectivity index (χ0n) is 17.1. The number of ether oxygens (including phenoxy) is 3. The fourth-order valence-electron chi connectivity index (χ4n) is 3.62. The predicted molar refractivity (Wildman–Crippen MR) is 108 cm³/mol. The molecule has 1 N–H and O–H groups in total. The number of carbonyl (C=O) groups excluding carboxylic acids is 1. The first kappa shape index (κ1) is 20.0. The predicted octanol–water partition coefficient (Wildman–Crippen LogP) is 1.56. The standard InChI is InChI=1S/C22H28N2O4/c1-16-5-7-18(14-20(16)27-3)22(25)24-11-9-23(10-12-24)15-17-6-8-19(26-2)21(13-17)28-4/h5-8,13-14H,9-12,15H2,1-4H3/p+1. The van der Waals surface area contributed by atoms with Gasteiger partial charge in [0.15, 0.2) is 11.5 Å². The molecule has 0 spiro atoms. The van der Waals surface area contributed by atoms with Crippen molar-refractivity contribution in [3.63, 3.8) is 0 Å². The molecule has 1 aliphatic rings. The highest BCUT2D eigenvalue weighted by atomic mass is 16.5. The summed E-state index contributed by atoms with van der Waals surface area (Å²) in [6.07, 6.45) is 0. The molecule has 28 heavy (non-hydrogen) atoms. The van der Waals surface area contributed by atoms with Crippen LogP contribution in [0, 0.1) is 6.92 Å². The minimum atomic E-state index is 0.0727. The summed E-state index contributed by atoms with van der Waals surface area (Å²) in [4.78, 5) is 16.2. The lowest BCUT2D eigenvalue weighted by Gasteiger charge is -2.32. The van der Waals surface area contributed by atoms with Crippen molar-refractivity contribution < 1.29 is 23.9 Å². The van der Waals surface area contributed by atoms with Crippen molar-refractivity contribution in [3.05, 3.63) is 53.1 Å². The molecule has 0 aliphatic carbocycles. The second-order valence-corrected chi connectivity index (χ2v) is 7.09. The second-order valence-electron chi connectivity index (χ2n) is 7.09. The molecule has 6 nitrogen and oxygen atoms in total. The molecule has 1 fully saturated rings. The van der Waals surface area contributed by atoms with Crippen molar-refractivity contribution in [3.8, 4) is 17.2 Å². The highest BCUT2D eigenvalue weighted by Gasteiger charge is 2.25. The Morgan fingerprint density at radius 1 is 0.929 bits per heavy atom. The number of methoxy groups -OCH3 is 3. The number of nitrogens with one attached hydrogen (secondary N) is 1. The Hall–Kier alpha value is -2.73. The second kappa shape index (κ2) is 8.97. The Morgan fingerprint density at radius 2 is 1.61 bits per heavy atom. The summed E-state index contributed by atoms with van der Waals surface area (Å²) >= 11 is 0. The maximum absolute atomic E-state index is 12.8. The fraction of sp³-hybridized carbons (Fsp3) is 0.409. The molecular formula is C22H29N2O4+. The average Bonchev–Trinajstić information content (AvgIpc) is 2.74. The molecule has 0 aromatic heterocycles. The number of aryl methyl sites for hydroxylation is 1. The van der Waals surface area contributed by atoms with Crippen molar-refractivity contribution >= 4 is 5.91 Å². The first-order valence-electron chi connectivity index (χ1n) is 9.54. The Morgan fingerprint density at radius 3 is 2.25 bits per heavy atom. The lowest BCUT2D eigenvalue weighted by Crippen LogP contribution is -3.13. The summed E-state index contributed by atoms with van der Waals surface area (Å²) < 4.78 is 16.0. The van der Waals surface area contributed by atoms with Gasteiger partial charge in [-0.05, 0) is 42.8 Å². The van der Waals surface area contributed by atoms with Crippen LogP contribution < -0.4 is 19.1 Å². The van der Waals surface area contributed by atoms with Crippen molar-refractivity contribution in [1.82, 2.24) is 4.90 Å². The number of piperazine rings is 1. The van der Waals surface area contributed by atoms with Crippen LogP contribution in [0.1, 0.15) is 21.5 Å². The monoisotopic (exact) mass is 385 g/mol. The lowest BCUT2D eigenvalue weighted by atomic mass is 10.1. The van der Waals surface area contributed by atoms with Crippen molar-refractivity contribution in [2.75, 3.05) is 47.5 Å². The molecule has 0 atom stereocenters. The van der Waals surface area contributed by atoms with Gasteiger partial charge in [0.05, 0.1) is 47.5 Å². The molecule has 3 rings (SSSR count). The van der Waals surface area contributed by atoms with Crippen LogP contribution in [0.3, 0.4) is 0 Å². The highest BCUT2D eigenvalue weighted by molar-refractivity contribution is 5.94. The summed E-state index contributed by atoms with van der Waals surface area (Å²) in [6.45, 7) is 6.21. The number of nitrogens with zero attached hydrogens (tertiary/aromatic N) is 1. The molecule has 2 aromatic carbocycles. The van der Waals surface area contributed by atoms with Gasteiger partial charge in [-0.15, -0.1) is 0 Å². The normalized spacial score (nSPS) is 14.6. The summed E-state index contributed by atoms with van der Waals surface area (Å²) in [5.41, 5.74) is 2.92. The van der Waals surface area contributed by atoms with Gasteiger partial charge in [-0.1, -0.05) is 6.07 Å². The Kier molecular flexibility index (Phi) is 6.41. The molecule has 1 saturated heterocycles. The van der Waals surface area contributed by atoms with Crippen LogP contribution in [0.2, 0.25) is 0 Å². The van der Waals surface area contributed by atoms with Gasteiger partial charge in [0, 0.05) is 11.1 Å². The maximum Gasteiger partial charge on any atom is 0.254 e. The molecule has 150 valence electrons. The Bertz CT molecular complexity index is 829. The van der Waals surface area contributed by atoms with E-state index in [-0.39, 0.29) is 5.91 Å². The molecule has 0 bridgehead atoms. The van der Waals surface area contributed by atoms with Gasteiger partial charge in [-0.2, -0.15) is 0 Å². The van der Waals surface area contributed by atoms with Gasteiger partial charge in [0.1, 0.15) is 12.3 Å². The van der Waals surface area contributed by atoms with Gasteiger partial charge in [0.25, 0.3) is 5.91 Å². The van der Waals surface area contributed by atoms with Crippen LogP contribution >= 0.6 is 0 Å². The molecule has 1 aliphatic heterocycles. The average molecular weight is 385 g/mol. The first-order chi connectivity index (χ1) is 13.5. The van der Waals surface area contributed by atoms with Gasteiger partial charge < -0.3 is 24.0 Å². The van der Waals surface area contributed by atoms with Gasteiger partial charge in [-0.25, -0.2) is 0 Å². The quantitative estimate of drug-likeness (QED) is 0.820. The fourth-order valence-corrected chi connectivity index (χ4v) is 3.62. The first-order valence-corrected chi connectivity index (χ1v) is 9.54. The van der Waals surface area contributed by atoms with Crippen LogP contribution in [-0.4, -0.2) is 58.3 Å². The van der Waals surface area contributed by atoms with E-state index in [0.29, 0.717) is 5.56 Å². The largest absolute Gasteiger partial charge is 0.496 e. The Labute approximate surface area is 166 Å². The number of rotatable bonds is 6. The van der Waals surface area contributed by atoms with Crippen LogP contribution in [0.5, 0.6) is 17.2 Å². The molecular weight excluding hydrogens is 356 g/mol. The number of quaternary nitrogens is 1. The smallest absolute Gasteiger partial charge is 0.254 e. The van der Waals surface area contributed by atoms with E-state index in [1.54, 1.807) is 21.3 Å². The van der Waals surface area contributed by atoms with E-state index in [1.165, 1.54) is 10.5 Å². The molecule has 0 saturated carbocycles. The summed E-state index contributed by atoms with van der Waals surface area (Å²) in [7, 11) is 4.93. The Balaban J connectivity index is 1.59. The van der Waals surface area contributed by atoms with Gasteiger partial charge >= 0.3 is 0 Å². The maximum atomic E-state index is 12.8. The van der Waals surface area contributed by atoms with E-state index in [0.717, 1.165) is 55.5 Å². The van der Waals surface area contributed by atoms with E-state index < -0.39 is 0 Å². The van der Waals surface area contributed by atoms with Crippen LogP contribution in [-0.2, 0) is 6.54 Å². The SMILES string of the molecule is COc1cc(C(=O)N2CC[NH+](Cc3ccc(OC)c(OC)c3)CC2)ccc1C. The number of hydrogen-bond donors (Lipinski definition) is 1. The third kappa shape index (κ3) is 4.39. The van der Waals surface area contributed by atoms with Gasteiger partial charge in [-0.3, -0.25) is 4.79 Å². The van der Waals surface area contributed by atoms with Crippen LogP contribution in [0.4, 0.5) is 0 Å². The topological polar surface area (TPSA) is 52.4 Å². The molecule has 0 radical (unpaired) electrons. The third-order valence-corrected chi connectivity index (χ3v) is 5.31. The van der Waals surface area contributed by atoms with E-state index >= 15 is 0 Å². The zero-order chi connectivity index (χ0) is 20.1. The van der Waals surface area contributed by atoms with E-state index in [1.807, 2.05) is 42.2 Å². The van der Waals surface area contributed by atoms with E-state index in [4.69, 9.17) is 14.2 Å². The van der Waals surface area contributed by atoms with Crippen LogP contribution in [0.25, 0.3) is 0 Å². The molecule has 2 aromatic rings. The number of carbonyl (C=O) groups is 1. The minimum Gasteiger partial charge on any atom is -0.496 e. The molecule has 6 heteroatoms. The van der Waals surface area contributed by atoms with Crippen molar-refractivity contribution in [2.45, 2.75) is 13.5 Å². The molecule has 1 amide bonds. The summed E-state index contributed by atoms with van der Waals surface area (Å²) in [5.74, 6) is 2.32. The molecule has 1 heterocycles. The number of amides is 1. The number of hydrogen-bond acceptors (Lipinski definition) is 4. The van der Waals surface area contributed by atoms with Crippen LogP contribution in [0.15, 0.2) is 36.4 Å².